The Kier molecular flexibility index (Phi) is 5.82. The molecule has 1 aromatic rings. The third kappa shape index (κ3) is 3.63. The van der Waals surface area contributed by atoms with Crippen molar-refractivity contribution in [1.29, 1.82) is 0 Å². The normalized spacial score (nSPS) is 12.7. The number of rotatable bonds is 7. The Balaban J connectivity index is 2.98. The number of likely N-dealkylation sites (N-methyl/N-ethyl adjacent to an activating group) is 1. The fraction of sp³-hybridized carbons (Fsp3) is 0.692. The number of nitrogen functional groups attached to an aromatic ring is 1. The van der Waals surface area contributed by atoms with Crippen LogP contribution in [0.5, 0.6) is 0 Å². The zero-order valence-electron chi connectivity index (χ0n) is 12.7. The van der Waals surface area contributed by atoms with Gasteiger partial charge in [-0.3, -0.25) is 14.3 Å². The van der Waals surface area contributed by atoms with Crippen molar-refractivity contribution in [2.45, 2.75) is 40.3 Å². The number of nitrogens with one attached hydrogen (secondary N) is 2. The van der Waals surface area contributed by atoms with Gasteiger partial charge in [-0.1, -0.05) is 13.8 Å². The molecular weight excluding hydrogens is 258 g/mol. The second-order valence-corrected chi connectivity index (χ2v) is 4.80. The van der Waals surface area contributed by atoms with Crippen molar-refractivity contribution >= 4 is 11.5 Å². The predicted molar refractivity (Wildman–Crippen MR) is 82.3 cm³/mol. The van der Waals surface area contributed by atoms with Crippen LogP contribution in [0.2, 0.25) is 0 Å². The van der Waals surface area contributed by atoms with Gasteiger partial charge in [0.1, 0.15) is 11.5 Å². The molecule has 0 aromatic carbocycles. The van der Waals surface area contributed by atoms with Crippen LogP contribution in [-0.4, -0.2) is 40.1 Å². The van der Waals surface area contributed by atoms with Gasteiger partial charge in [0.2, 0.25) is 0 Å². The van der Waals surface area contributed by atoms with E-state index in [2.05, 4.69) is 29.0 Å². The molecule has 0 bridgehead atoms. The van der Waals surface area contributed by atoms with Gasteiger partial charge in [0.05, 0.1) is 0 Å². The summed E-state index contributed by atoms with van der Waals surface area (Å²) in [6.07, 6.45) is 0. The summed E-state index contributed by atoms with van der Waals surface area (Å²) in [4.78, 5) is 28.0. The lowest BCUT2D eigenvalue weighted by atomic mass is 10.2. The molecule has 0 fully saturated rings. The lowest BCUT2D eigenvalue weighted by molar-refractivity contribution is 0.294. The Morgan fingerprint density at radius 3 is 2.40 bits per heavy atom. The highest BCUT2D eigenvalue weighted by atomic mass is 16.2. The minimum atomic E-state index is -0.475. The molecule has 0 aliphatic heterocycles. The van der Waals surface area contributed by atoms with Gasteiger partial charge in [0, 0.05) is 19.1 Å². The first-order chi connectivity index (χ1) is 9.44. The van der Waals surface area contributed by atoms with Crippen LogP contribution in [0.3, 0.4) is 0 Å². The molecule has 0 aliphatic carbocycles. The number of aromatic amines is 1. The van der Waals surface area contributed by atoms with Crippen LogP contribution in [0.1, 0.15) is 27.7 Å². The van der Waals surface area contributed by atoms with Crippen molar-refractivity contribution < 1.29 is 0 Å². The van der Waals surface area contributed by atoms with Crippen molar-refractivity contribution in [3.8, 4) is 0 Å². The zero-order valence-corrected chi connectivity index (χ0v) is 12.7. The molecular formula is C13H25N5O2. The van der Waals surface area contributed by atoms with Crippen LogP contribution in [0.15, 0.2) is 9.59 Å². The summed E-state index contributed by atoms with van der Waals surface area (Å²) in [5.41, 5.74) is 5.23. The molecule has 0 spiro atoms. The topological polar surface area (TPSA) is 96.2 Å². The molecule has 1 heterocycles. The summed E-state index contributed by atoms with van der Waals surface area (Å²) in [5.74, 6) is 0.188. The highest BCUT2D eigenvalue weighted by Gasteiger charge is 2.14. The number of H-pyrrole nitrogens is 1. The molecule has 1 rings (SSSR count). The van der Waals surface area contributed by atoms with E-state index in [1.165, 1.54) is 4.57 Å². The monoisotopic (exact) mass is 283 g/mol. The van der Waals surface area contributed by atoms with E-state index in [9.17, 15) is 9.59 Å². The molecule has 4 N–H and O–H groups in total. The first-order valence-electron chi connectivity index (χ1n) is 7.05. The lowest BCUT2D eigenvalue weighted by Crippen LogP contribution is -2.39. The number of aromatic nitrogens is 2. The van der Waals surface area contributed by atoms with Gasteiger partial charge < -0.3 is 16.0 Å². The molecule has 7 heteroatoms. The Labute approximate surface area is 118 Å². The minimum Gasteiger partial charge on any atom is -0.383 e. The van der Waals surface area contributed by atoms with E-state index in [1.54, 1.807) is 6.92 Å². The zero-order chi connectivity index (χ0) is 15.3. The molecule has 0 saturated carbocycles. The molecule has 1 atom stereocenters. The highest BCUT2D eigenvalue weighted by molar-refractivity contribution is 5.60. The van der Waals surface area contributed by atoms with Crippen LogP contribution in [-0.2, 0) is 6.54 Å². The third-order valence-electron chi connectivity index (χ3n) is 3.37. The second-order valence-electron chi connectivity index (χ2n) is 4.80. The average Bonchev–Trinajstić information content (AvgIpc) is 2.41. The summed E-state index contributed by atoms with van der Waals surface area (Å²) in [5, 5.41) is 3.11. The maximum absolute atomic E-state index is 11.9. The Morgan fingerprint density at radius 1 is 1.30 bits per heavy atom. The molecule has 1 aromatic heterocycles. The standard InChI is InChI=1S/C13H25N5O2/c1-5-17(6-2)8-9(4)15-10-11(14)18(7-3)13(20)16-12(10)19/h9,15H,5-8,14H2,1-4H3,(H,16,19,20). The van der Waals surface area contributed by atoms with E-state index in [4.69, 9.17) is 5.73 Å². The van der Waals surface area contributed by atoms with Gasteiger partial charge in [-0.25, -0.2) is 4.79 Å². The number of hydrogen-bond acceptors (Lipinski definition) is 5. The van der Waals surface area contributed by atoms with Crippen molar-refractivity contribution in [2.75, 3.05) is 30.7 Å². The van der Waals surface area contributed by atoms with Crippen molar-refractivity contribution in [1.82, 2.24) is 14.5 Å². The van der Waals surface area contributed by atoms with Gasteiger partial charge in [-0.2, -0.15) is 0 Å². The summed E-state index contributed by atoms with van der Waals surface area (Å²) in [7, 11) is 0. The number of hydrogen-bond donors (Lipinski definition) is 3. The Morgan fingerprint density at radius 2 is 1.90 bits per heavy atom. The van der Waals surface area contributed by atoms with Gasteiger partial charge in [-0.15, -0.1) is 0 Å². The van der Waals surface area contributed by atoms with E-state index in [1.807, 2.05) is 6.92 Å². The number of nitrogens with zero attached hydrogens (tertiary/aromatic N) is 2. The first kappa shape index (κ1) is 16.3. The van der Waals surface area contributed by atoms with Gasteiger partial charge in [0.15, 0.2) is 0 Å². The Hall–Kier alpha value is -1.76. The predicted octanol–water partition coefficient (Wildman–Crippen LogP) is 0.281. The SMILES string of the molecule is CCN(CC)CC(C)Nc1c(N)n(CC)c(=O)[nH]c1=O. The van der Waals surface area contributed by atoms with Crippen LogP contribution in [0.25, 0.3) is 0 Å². The van der Waals surface area contributed by atoms with E-state index >= 15 is 0 Å². The van der Waals surface area contributed by atoms with Crippen LogP contribution in [0, 0.1) is 0 Å². The molecule has 0 saturated heterocycles. The van der Waals surface area contributed by atoms with Gasteiger partial charge in [0.25, 0.3) is 5.56 Å². The van der Waals surface area contributed by atoms with E-state index in [-0.39, 0.29) is 17.5 Å². The fourth-order valence-corrected chi connectivity index (χ4v) is 2.20. The molecule has 114 valence electrons. The number of anilines is 2. The summed E-state index contributed by atoms with van der Waals surface area (Å²) >= 11 is 0. The largest absolute Gasteiger partial charge is 0.383 e. The average molecular weight is 283 g/mol. The maximum atomic E-state index is 11.9. The molecule has 20 heavy (non-hydrogen) atoms. The second kappa shape index (κ2) is 7.14. The fourth-order valence-electron chi connectivity index (χ4n) is 2.20. The van der Waals surface area contributed by atoms with Crippen LogP contribution < -0.4 is 22.3 Å². The van der Waals surface area contributed by atoms with E-state index in [0.29, 0.717) is 6.54 Å². The number of nitrogens with two attached hydrogens (primary N) is 1. The van der Waals surface area contributed by atoms with Crippen LogP contribution in [0.4, 0.5) is 11.5 Å². The quantitative estimate of drug-likeness (QED) is 0.668. The summed E-state index contributed by atoms with van der Waals surface area (Å²) in [6, 6.07) is 0.0566. The highest BCUT2D eigenvalue weighted by Crippen LogP contribution is 2.11. The first-order valence-corrected chi connectivity index (χ1v) is 7.05. The Bertz CT molecular complexity index is 545. The van der Waals surface area contributed by atoms with Crippen molar-refractivity contribution in [3.05, 3.63) is 20.8 Å². The van der Waals surface area contributed by atoms with E-state index < -0.39 is 11.2 Å². The van der Waals surface area contributed by atoms with Crippen molar-refractivity contribution in [3.63, 3.8) is 0 Å². The van der Waals surface area contributed by atoms with Crippen LogP contribution >= 0.6 is 0 Å². The minimum absolute atomic E-state index is 0.0566. The summed E-state index contributed by atoms with van der Waals surface area (Å²) < 4.78 is 1.34. The maximum Gasteiger partial charge on any atom is 0.330 e. The summed E-state index contributed by atoms with van der Waals surface area (Å²) in [6.45, 7) is 11.1. The smallest absolute Gasteiger partial charge is 0.330 e. The molecule has 0 radical (unpaired) electrons. The molecule has 1 unspecified atom stereocenters. The third-order valence-corrected chi connectivity index (χ3v) is 3.37. The van der Waals surface area contributed by atoms with Gasteiger partial charge in [-0.05, 0) is 26.9 Å². The lowest BCUT2D eigenvalue weighted by Gasteiger charge is -2.24. The van der Waals surface area contributed by atoms with Gasteiger partial charge >= 0.3 is 5.69 Å². The van der Waals surface area contributed by atoms with E-state index in [0.717, 1.165) is 19.6 Å². The molecule has 0 aliphatic rings. The molecule has 7 nitrogen and oxygen atoms in total. The molecule has 0 amide bonds. The van der Waals surface area contributed by atoms with Crippen molar-refractivity contribution in [2.24, 2.45) is 0 Å².